The van der Waals surface area contributed by atoms with Gasteiger partial charge in [-0.2, -0.15) is 10.1 Å². The number of fused-ring (bicyclic) bond motifs is 3. The second kappa shape index (κ2) is 8.61. The van der Waals surface area contributed by atoms with Gasteiger partial charge < -0.3 is 14.8 Å². The molecule has 0 radical (unpaired) electrons. The van der Waals surface area contributed by atoms with Gasteiger partial charge in [0.05, 0.1) is 18.6 Å². The monoisotopic (exact) mass is 454 g/mol. The maximum absolute atomic E-state index is 6.62. The van der Waals surface area contributed by atoms with Gasteiger partial charge in [-0.05, 0) is 57.4 Å². The minimum Gasteiger partial charge on any atom is -0.474 e. The molecule has 3 aromatic heterocycles. The first-order valence-corrected chi connectivity index (χ1v) is 12.6. The molecule has 0 aromatic carbocycles. The van der Waals surface area contributed by atoms with Gasteiger partial charge in [0.1, 0.15) is 10.9 Å². The van der Waals surface area contributed by atoms with Gasteiger partial charge in [0.2, 0.25) is 11.8 Å². The first-order chi connectivity index (χ1) is 15.7. The van der Waals surface area contributed by atoms with Gasteiger partial charge in [-0.1, -0.05) is 0 Å². The summed E-state index contributed by atoms with van der Waals surface area (Å²) in [6.45, 7) is 5.83. The molecule has 0 unspecified atom stereocenters. The zero-order chi connectivity index (χ0) is 21.5. The molecule has 3 aromatic rings. The summed E-state index contributed by atoms with van der Waals surface area (Å²) in [6, 6.07) is 2.62. The molecule has 0 amide bonds. The fourth-order valence-electron chi connectivity index (χ4n) is 5.33. The van der Waals surface area contributed by atoms with E-state index in [1.54, 1.807) is 11.3 Å². The standard InChI is InChI=1S/C23H30N6O2S/c1-14-13-19(28-27-14)24-23-25-21(20-17-3-2-4-18(17)32-22(20)26-23)31-16-7-5-15(6-8-16)29-9-11-30-12-10-29/h13,15-16H,2-12H2,1H3,(H2,24,25,26,27,28). The lowest BCUT2D eigenvalue weighted by Gasteiger charge is -2.38. The fraction of sp³-hybridized carbons (Fsp3) is 0.609. The van der Waals surface area contributed by atoms with E-state index < -0.39 is 0 Å². The van der Waals surface area contributed by atoms with Crippen LogP contribution in [0.4, 0.5) is 11.8 Å². The smallest absolute Gasteiger partial charge is 0.233 e. The van der Waals surface area contributed by atoms with Crippen molar-refractivity contribution in [2.24, 2.45) is 0 Å². The van der Waals surface area contributed by atoms with Gasteiger partial charge in [-0.25, -0.2) is 4.98 Å². The number of aromatic nitrogens is 4. The average Bonchev–Trinajstić information content (AvgIpc) is 3.51. The third-order valence-corrected chi connectivity index (χ3v) is 8.15. The summed E-state index contributed by atoms with van der Waals surface area (Å²) in [6.07, 6.45) is 8.17. The first-order valence-electron chi connectivity index (χ1n) is 11.8. The van der Waals surface area contributed by atoms with Crippen molar-refractivity contribution in [3.8, 4) is 5.88 Å². The average molecular weight is 455 g/mol. The Morgan fingerprint density at radius 3 is 2.78 bits per heavy atom. The fourth-order valence-corrected chi connectivity index (χ4v) is 6.58. The van der Waals surface area contributed by atoms with Crippen molar-refractivity contribution in [1.82, 2.24) is 25.1 Å². The highest BCUT2D eigenvalue weighted by molar-refractivity contribution is 7.19. The van der Waals surface area contributed by atoms with Gasteiger partial charge in [-0.15, -0.1) is 11.3 Å². The topological polar surface area (TPSA) is 88.2 Å². The Kier molecular flexibility index (Phi) is 5.48. The molecule has 8 nitrogen and oxygen atoms in total. The Morgan fingerprint density at radius 2 is 2.00 bits per heavy atom. The molecule has 1 aliphatic heterocycles. The van der Waals surface area contributed by atoms with Crippen LogP contribution in [-0.4, -0.2) is 63.5 Å². The summed E-state index contributed by atoms with van der Waals surface area (Å²) in [5.41, 5.74) is 2.40. The lowest BCUT2D eigenvalue weighted by Crippen LogP contribution is -2.46. The van der Waals surface area contributed by atoms with E-state index in [-0.39, 0.29) is 6.10 Å². The highest BCUT2D eigenvalue weighted by Crippen LogP contribution is 2.42. The minimum absolute atomic E-state index is 0.211. The van der Waals surface area contributed by atoms with Crippen LogP contribution in [-0.2, 0) is 17.6 Å². The number of nitrogens with zero attached hydrogens (tertiary/aromatic N) is 4. The molecule has 32 heavy (non-hydrogen) atoms. The van der Waals surface area contributed by atoms with E-state index in [9.17, 15) is 0 Å². The molecule has 9 heteroatoms. The number of anilines is 2. The molecule has 0 atom stereocenters. The van der Waals surface area contributed by atoms with Crippen molar-refractivity contribution in [1.29, 1.82) is 0 Å². The van der Waals surface area contributed by atoms with E-state index in [1.807, 2.05) is 13.0 Å². The largest absolute Gasteiger partial charge is 0.474 e. The van der Waals surface area contributed by atoms with Gasteiger partial charge >= 0.3 is 0 Å². The molecule has 1 saturated carbocycles. The van der Waals surface area contributed by atoms with Crippen LogP contribution in [0.15, 0.2) is 6.07 Å². The van der Waals surface area contributed by atoms with E-state index in [2.05, 4.69) is 20.4 Å². The van der Waals surface area contributed by atoms with E-state index in [4.69, 9.17) is 19.4 Å². The molecule has 1 saturated heterocycles. The minimum atomic E-state index is 0.211. The van der Waals surface area contributed by atoms with Crippen LogP contribution in [0, 0.1) is 6.92 Å². The van der Waals surface area contributed by atoms with Crippen LogP contribution in [0.25, 0.3) is 10.2 Å². The third-order valence-electron chi connectivity index (χ3n) is 6.96. The Labute approximate surface area is 191 Å². The Bertz CT molecular complexity index is 1100. The predicted molar refractivity (Wildman–Crippen MR) is 125 cm³/mol. The SMILES string of the molecule is Cc1cc(Nc2nc(OC3CCC(N4CCOCC4)CC3)c3c4c(sc3n2)CCC4)n[nH]1. The molecule has 2 aliphatic carbocycles. The van der Waals surface area contributed by atoms with E-state index >= 15 is 0 Å². The Hall–Kier alpha value is -2.23. The van der Waals surface area contributed by atoms with Crippen LogP contribution < -0.4 is 10.1 Å². The quantitative estimate of drug-likeness (QED) is 0.603. The summed E-state index contributed by atoms with van der Waals surface area (Å²) in [5, 5.41) is 11.6. The zero-order valence-electron chi connectivity index (χ0n) is 18.5. The maximum atomic E-state index is 6.62. The summed E-state index contributed by atoms with van der Waals surface area (Å²) in [7, 11) is 0. The second-order valence-corrected chi connectivity index (χ2v) is 10.2. The molecular weight excluding hydrogens is 424 g/mol. The molecule has 0 bridgehead atoms. The van der Waals surface area contributed by atoms with Crippen LogP contribution in [0.5, 0.6) is 5.88 Å². The Morgan fingerprint density at radius 1 is 1.16 bits per heavy atom. The molecule has 4 heterocycles. The summed E-state index contributed by atoms with van der Waals surface area (Å²) < 4.78 is 12.1. The van der Waals surface area contributed by atoms with Gasteiger partial charge in [0.25, 0.3) is 0 Å². The molecule has 3 aliphatic rings. The van der Waals surface area contributed by atoms with Crippen molar-refractivity contribution in [3.63, 3.8) is 0 Å². The number of hydrogen-bond acceptors (Lipinski definition) is 8. The molecule has 2 N–H and O–H groups in total. The first kappa shape index (κ1) is 20.4. The number of hydrogen-bond donors (Lipinski definition) is 2. The summed E-state index contributed by atoms with van der Waals surface area (Å²) in [4.78, 5) is 14.7. The van der Waals surface area contributed by atoms with Crippen LogP contribution in [0.3, 0.4) is 0 Å². The third kappa shape index (κ3) is 3.97. The number of nitrogens with one attached hydrogen (secondary N) is 2. The normalized spacial score (nSPS) is 24.0. The molecule has 170 valence electrons. The van der Waals surface area contributed by atoms with Crippen LogP contribution in [0.1, 0.15) is 48.2 Å². The van der Waals surface area contributed by atoms with Crippen molar-refractivity contribution < 1.29 is 9.47 Å². The molecular formula is C23H30N6O2S. The van der Waals surface area contributed by atoms with Crippen LogP contribution in [0.2, 0.25) is 0 Å². The highest BCUT2D eigenvalue weighted by atomic mass is 32.1. The van der Waals surface area contributed by atoms with E-state index in [0.717, 1.165) is 79.6 Å². The van der Waals surface area contributed by atoms with Gasteiger partial charge in [-0.3, -0.25) is 10.00 Å². The van der Waals surface area contributed by atoms with Gasteiger partial charge in [0, 0.05) is 35.8 Å². The number of aryl methyl sites for hydroxylation is 3. The number of aromatic amines is 1. The van der Waals surface area contributed by atoms with Crippen LogP contribution >= 0.6 is 11.3 Å². The van der Waals surface area contributed by atoms with Gasteiger partial charge in [0.15, 0.2) is 5.82 Å². The number of rotatable bonds is 5. The number of H-pyrrole nitrogens is 1. The van der Waals surface area contributed by atoms with E-state index in [1.165, 1.54) is 29.7 Å². The summed E-state index contributed by atoms with van der Waals surface area (Å²) >= 11 is 1.79. The predicted octanol–water partition coefficient (Wildman–Crippen LogP) is 3.98. The lowest BCUT2D eigenvalue weighted by atomic mass is 9.91. The van der Waals surface area contributed by atoms with Crippen molar-refractivity contribution in [2.45, 2.75) is 64.0 Å². The number of ether oxygens (including phenoxy) is 2. The lowest BCUT2D eigenvalue weighted by molar-refractivity contribution is -0.00124. The van der Waals surface area contributed by atoms with Crippen molar-refractivity contribution in [3.05, 3.63) is 22.2 Å². The zero-order valence-corrected chi connectivity index (χ0v) is 19.3. The molecule has 2 fully saturated rings. The molecule has 0 spiro atoms. The number of morpholine rings is 1. The molecule has 6 rings (SSSR count). The summed E-state index contributed by atoms with van der Waals surface area (Å²) in [5.74, 6) is 2.03. The van der Waals surface area contributed by atoms with Crippen molar-refractivity contribution >= 4 is 33.3 Å². The maximum Gasteiger partial charge on any atom is 0.233 e. The van der Waals surface area contributed by atoms with E-state index in [0.29, 0.717) is 12.0 Å². The van der Waals surface area contributed by atoms with Crippen molar-refractivity contribution in [2.75, 3.05) is 31.6 Å². The number of thiophene rings is 1. The highest BCUT2D eigenvalue weighted by Gasteiger charge is 2.30. The second-order valence-electron chi connectivity index (χ2n) is 9.15. The Balaban J connectivity index is 1.23.